The summed E-state index contributed by atoms with van der Waals surface area (Å²) in [5, 5.41) is 3.90. The predicted octanol–water partition coefficient (Wildman–Crippen LogP) is 2.87. The monoisotopic (exact) mass is 287 g/mol. The van der Waals surface area contributed by atoms with Crippen LogP contribution < -0.4 is 14.8 Å². The van der Waals surface area contributed by atoms with Crippen LogP contribution in [0.25, 0.3) is 0 Å². The number of methoxy groups -OCH3 is 2. The van der Waals surface area contributed by atoms with Gasteiger partial charge in [-0.25, -0.2) is 0 Å². The van der Waals surface area contributed by atoms with E-state index in [1.807, 2.05) is 13.0 Å². The Balaban J connectivity index is 2.95. The molecule has 0 aliphatic rings. The summed E-state index contributed by atoms with van der Waals surface area (Å²) in [5.41, 5.74) is 0.981. The topological polar surface area (TPSA) is 39.7 Å². The molecule has 1 unspecified atom stereocenters. The van der Waals surface area contributed by atoms with Crippen molar-refractivity contribution in [1.82, 2.24) is 5.32 Å². The standard InChI is InChI=1S/C14H22ClNO3/c1-5-16-8-11-6-12(15)7-13(18-4)14(11)19-9-10(2)17-3/h6-7,10,16H,5,8-9H2,1-4H3. The molecule has 0 spiro atoms. The molecule has 4 nitrogen and oxygen atoms in total. The zero-order chi connectivity index (χ0) is 14.3. The Hall–Kier alpha value is -0.970. The van der Waals surface area contributed by atoms with Crippen LogP contribution in [0.4, 0.5) is 0 Å². The average Bonchev–Trinajstić information content (AvgIpc) is 2.42. The van der Waals surface area contributed by atoms with Gasteiger partial charge < -0.3 is 19.5 Å². The maximum atomic E-state index is 6.08. The van der Waals surface area contributed by atoms with E-state index in [-0.39, 0.29) is 6.10 Å². The third-order valence-electron chi connectivity index (χ3n) is 2.75. The minimum absolute atomic E-state index is 0.0207. The van der Waals surface area contributed by atoms with E-state index in [4.69, 9.17) is 25.8 Å². The largest absolute Gasteiger partial charge is 0.493 e. The third kappa shape index (κ3) is 4.90. The van der Waals surface area contributed by atoms with Crippen LogP contribution in [0.2, 0.25) is 5.02 Å². The Morgan fingerprint density at radius 3 is 2.63 bits per heavy atom. The van der Waals surface area contributed by atoms with Gasteiger partial charge in [-0.3, -0.25) is 0 Å². The number of halogens is 1. The highest BCUT2D eigenvalue weighted by Gasteiger charge is 2.14. The van der Waals surface area contributed by atoms with Crippen molar-refractivity contribution in [2.24, 2.45) is 0 Å². The lowest BCUT2D eigenvalue weighted by molar-refractivity contribution is 0.0702. The zero-order valence-electron chi connectivity index (χ0n) is 12.0. The van der Waals surface area contributed by atoms with Crippen molar-refractivity contribution in [3.05, 3.63) is 22.7 Å². The first-order chi connectivity index (χ1) is 9.12. The molecular formula is C14H22ClNO3. The zero-order valence-corrected chi connectivity index (χ0v) is 12.7. The van der Waals surface area contributed by atoms with Crippen molar-refractivity contribution >= 4 is 11.6 Å². The summed E-state index contributed by atoms with van der Waals surface area (Å²) in [6.45, 7) is 6.03. The molecule has 108 valence electrons. The SMILES string of the molecule is CCNCc1cc(Cl)cc(OC)c1OCC(C)OC. The summed E-state index contributed by atoms with van der Waals surface area (Å²) in [6, 6.07) is 3.64. The smallest absolute Gasteiger partial charge is 0.165 e. The van der Waals surface area contributed by atoms with Crippen LogP contribution in [0.15, 0.2) is 12.1 Å². The molecule has 1 aromatic rings. The molecule has 5 heteroatoms. The van der Waals surface area contributed by atoms with E-state index in [0.29, 0.717) is 23.9 Å². The van der Waals surface area contributed by atoms with Gasteiger partial charge in [0, 0.05) is 30.3 Å². The second-order valence-corrected chi connectivity index (χ2v) is 4.67. The van der Waals surface area contributed by atoms with Gasteiger partial charge in [0.05, 0.1) is 13.2 Å². The summed E-state index contributed by atoms with van der Waals surface area (Å²) >= 11 is 6.08. The van der Waals surface area contributed by atoms with Crippen LogP contribution in [-0.4, -0.2) is 33.5 Å². The van der Waals surface area contributed by atoms with E-state index in [9.17, 15) is 0 Å². The molecule has 0 heterocycles. The highest BCUT2D eigenvalue weighted by atomic mass is 35.5. The summed E-state index contributed by atoms with van der Waals surface area (Å²) in [4.78, 5) is 0. The maximum absolute atomic E-state index is 6.08. The second-order valence-electron chi connectivity index (χ2n) is 4.23. The number of nitrogens with one attached hydrogen (secondary N) is 1. The summed E-state index contributed by atoms with van der Waals surface area (Å²) in [7, 11) is 3.27. The van der Waals surface area contributed by atoms with Gasteiger partial charge in [0.15, 0.2) is 11.5 Å². The summed E-state index contributed by atoms with van der Waals surface area (Å²) in [6.07, 6.45) is 0.0207. The van der Waals surface area contributed by atoms with Crippen molar-refractivity contribution < 1.29 is 14.2 Å². The molecule has 0 fully saturated rings. The summed E-state index contributed by atoms with van der Waals surface area (Å²) in [5.74, 6) is 1.36. The van der Waals surface area contributed by atoms with E-state index in [1.165, 1.54) is 0 Å². The first-order valence-electron chi connectivity index (χ1n) is 6.35. The van der Waals surface area contributed by atoms with Gasteiger partial charge in [-0.05, 0) is 19.5 Å². The highest BCUT2D eigenvalue weighted by molar-refractivity contribution is 6.30. The molecule has 0 radical (unpaired) electrons. The summed E-state index contributed by atoms with van der Waals surface area (Å²) < 4.78 is 16.3. The quantitative estimate of drug-likeness (QED) is 0.798. The van der Waals surface area contributed by atoms with Crippen molar-refractivity contribution in [2.75, 3.05) is 27.4 Å². The fraction of sp³-hybridized carbons (Fsp3) is 0.571. The molecule has 0 aromatic heterocycles. The van der Waals surface area contributed by atoms with Crippen LogP contribution in [0.3, 0.4) is 0 Å². The lowest BCUT2D eigenvalue weighted by Gasteiger charge is -2.18. The van der Waals surface area contributed by atoms with E-state index >= 15 is 0 Å². The fourth-order valence-corrected chi connectivity index (χ4v) is 1.83. The lowest BCUT2D eigenvalue weighted by Crippen LogP contribution is -2.18. The number of benzene rings is 1. The highest BCUT2D eigenvalue weighted by Crippen LogP contribution is 2.34. The second kappa shape index (κ2) is 8.25. The van der Waals surface area contributed by atoms with Crippen LogP contribution in [-0.2, 0) is 11.3 Å². The van der Waals surface area contributed by atoms with Gasteiger partial charge in [-0.15, -0.1) is 0 Å². The van der Waals surface area contributed by atoms with E-state index in [1.54, 1.807) is 20.3 Å². The van der Waals surface area contributed by atoms with Gasteiger partial charge in [0.2, 0.25) is 0 Å². The Labute approximate surface area is 120 Å². The molecular weight excluding hydrogens is 266 g/mol. The molecule has 0 saturated carbocycles. The Kier molecular flexibility index (Phi) is 6.99. The van der Waals surface area contributed by atoms with Crippen LogP contribution in [0.1, 0.15) is 19.4 Å². The normalized spacial score (nSPS) is 12.3. The van der Waals surface area contributed by atoms with Gasteiger partial charge in [0.25, 0.3) is 0 Å². The van der Waals surface area contributed by atoms with Crippen molar-refractivity contribution in [3.63, 3.8) is 0 Å². The van der Waals surface area contributed by atoms with Crippen molar-refractivity contribution in [1.29, 1.82) is 0 Å². The van der Waals surface area contributed by atoms with Gasteiger partial charge in [-0.1, -0.05) is 18.5 Å². The molecule has 0 amide bonds. The van der Waals surface area contributed by atoms with Gasteiger partial charge in [0.1, 0.15) is 6.61 Å². The first kappa shape index (κ1) is 16.1. The Bertz CT molecular complexity index is 399. The molecule has 0 aliphatic heterocycles. The molecule has 1 aromatic carbocycles. The van der Waals surface area contributed by atoms with E-state index in [0.717, 1.165) is 17.9 Å². The Morgan fingerprint density at radius 2 is 2.05 bits per heavy atom. The molecule has 19 heavy (non-hydrogen) atoms. The van der Waals surface area contributed by atoms with E-state index < -0.39 is 0 Å². The number of hydrogen-bond donors (Lipinski definition) is 1. The number of rotatable bonds is 8. The van der Waals surface area contributed by atoms with Crippen molar-refractivity contribution in [2.45, 2.75) is 26.5 Å². The minimum atomic E-state index is 0.0207. The van der Waals surface area contributed by atoms with Gasteiger partial charge in [-0.2, -0.15) is 0 Å². The van der Waals surface area contributed by atoms with Crippen molar-refractivity contribution in [3.8, 4) is 11.5 Å². The van der Waals surface area contributed by atoms with Crippen LogP contribution in [0, 0.1) is 0 Å². The first-order valence-corrected chi connectivity index (χ1v) is 6.72. The molecule has 1 N–H and O–H groups in total. The molecule has 1 rings (SSSR count). The molecule has 0 aliphatic carbocycles. The fourth-order valence-electron chi connectivity index (χ4n) is 1.60. The van der Waals surface area contributed by atoms with E-state index in [2.05, 4.69) is 12.2 Å². The Morgan fingerprint density at radius 1 is 1.32 bits per heavy atom. The average molecular weight is 288 g/mol. The minimum Gasteiger partial charge on any atom is -0.493 e. The molecule has 0 bridgehead atoms. The number of ether oxygens (including phenoxy) is 3. The molecule has 0 saturated heterocycles. The van der Waals surface area contributed by atoms with Crippen LogP contribution in [0.5, 0.6) is 11.5 Å². The number of hydrogen-bond acceptors (Lipinski definition) is 4. The predicted molar refractivity (Wildman–Crippen MR) is 77.4 cm³/mol. The maximum Gasteiger partial charge on any atom is 0.165 e. The van der Waals surface area contributed by atoms with Crippen LogP contribution >= 0.6 is 11.6 Å². The lowest BCUT2D eigenvalue weighted by atomic mass is 10.1. The third-order valence-corrected chi connectivity index (χ3v) is 2.96. The van der Waals surface area contributed by atoms with Gasteiger partial charge >= 0.3 is 0 Å². The molecule has 1 atom stereocenters.